The Morgan fingerprint density at radius 3 is 2.59 bits per heavy atom. The zero-order valence-electron chi connectivity index (χ0n) is 15.1. The van der Waals surface area contributed by atoms with Crippen molar-refractivity contribution in [2.45, 2.75) is 18.7 Å². The summed E-state index contributed by atoms with van der Waals surface area (Å²) in [5.74, 6) is -0.203. The molecule has 0 radical (unpaired) electrons. The van der Waals surface area contributed by atoms with Crippen LogP contribution in [0, 0.1) is 13.8 Å². The topological polar surface area (TPSA) is 82.6 Å². The van der Waals surface area contributed by atoms with Crippen LogP contribution in [0.1, 0.15) is 9.75 Å². The number of sulfonamides is 1. The number of pyridine rings is 1. The van der Waals surface area contributed by atoms with Gasteiger partial charge < -0.3 is 5.32 Å². The number of halogens is 1. The molecule has 0 atom stereocenters. The normalized spacial score (nSPS) is 16.4. The van der Waals surface area contributed by atoms with Gasteiger partial charge in [-0.25, -0.2) is 13.4 Å². The molecule has 0 spiro atoms. The highest BCUT2D eigenvalue weighted by molar-refractivity contribution is 7.89. The Morgan fingerprint density at radius 2 is 2.00 bits per heavy atom. The molecule has 0 saturated carbocycles. The third-order valence-electron chi connectivity index (χ3n) is 4.34. The lowest BCUT2D eigenvalue weighted by Gasteiger charge is -2.33. The number of nitrogens with one attached hydrogen (secondary N) is 1. The molecule has 1 saturated heterocycles. The fourth-order valence-corrected chi connectivity index (χ4v) is 6.12. The van der Waals surface area contributed by atoms with Crippen molar-refractivity contribution in [1.29, 1.82) is 0 Å². The lowest BCUT2D eigenvalue weighted by molar-refractivity contribution is -0.117. The summed E-state index contributed by atoms with van der Waals surface area (Å²) in [6.07, 6.45) is 1.55. The van der Waals surface area contributed by atoms with Crippen LogP contribution in [0.25, 0.3) is 0 Å². The first kappa shape index (κ1) is 20.2. The number of hydrogen-bond acceptors (Lipinski definition) is 6. The average molecular weight is 429 g/mol. The van der Waals surface area contributed by atoms with Crippen LogP contribution in [0.15, 0.2) is 29.3 Å². The Morgan fingerprint density at radius 1 is 1.30 bits per heavy atom. The minimum atomic E-state index is -3.49. The second-order valence-corrected chi connectivity index (χ2v) is 10.1. The maximum absolute atomic E-state index is 12.8. The van der Waals surface area contributed by atoms with Crippen molar-refractivity contribution < 1.29 is 13.2 Å². The highest BCUT2D eigenvalue weighted by atomic mass is 35.5. The average Bonchev–Trinajstić information content (AvgIpc) is 2.96. The van der Waals surface area contributed by atoms with E-state index in [1.165, 1.54) is 15.6 Å². The molecule has 1 N–H and O–H groups in total. The van der Waals surface area contributed by atoms with E-state index in [1.54, 1.807) is 24.4 Å². The molecule has 27 heavy (non-hydrogen) atoms. The van der Waals surface area contributed by atoms with E-state index in [-0.39, 0.29) is 17.6 Å². The van der Waals surface area contributed by atoms with Gasteiger partial charge in [0.05, 0.1) is 17.1 Å². The minimum Gasteiger partial charge on any atom is -0.322 e. The van der Waals surface area contributed by atoms with Gasteiger partial charge in [0.25, 0.3) is 0 Å². The number of hydrogen-bond donors (Lipinski definition) is 1. The molecule has 1 aliphatic rings. The lowest BCUT2D eigenvalue weighted by Crippen LogP contribution is -2.50. The predicted octanol–water partition coefficient (Wildman–Crippen LogP) is 2.36. The van der Waals surface area contributed by atoms with Gasteiger partial charge in [0.15, 0.2) is 5.15 Å². The van der Waals surface area contributed by atoms with Gasteiger partial charge in [-0.3, -0.25) is 9.69 Å². The Hall–Kier alpha value is -1.52. The Labute approximate surface area is 168 Å². The molecule has 0 unspecified atom stereocenters. The minimum absolute atomic E-state index is 0.176. The molecule has 3 rings (SSSR count). The Balaban J connectivity index is 1.56. The number of carbonyl (C=O) groups excluding carboxylic acids is 1. The standard InChI is InChI=1S/C17H21ClN4O3S2/c1-12-10-15(13(2)26-12)27(24,25)22-8-6-21(7-9-22)11-16(23)20-14-4-3-5-19-17(14)18/h3-5,10H,6-9,11H2,1-2H3,(H,20,23). The van der Waals surface area contributed by atoms with Crippen LogP contribution in [0.2, 0.25) is 5.15 Å². The smallest absolute Gasteiger partial charge is 0.244 e. The van der Waals surface area contributed by atoms with Crippen LogP contribution in [0.3, 0.4) is 0 Å². The summed E-state index contributed by atoms with van der Waals surface area (Å²) in [4.78, 5) is 20.2. The highest BCUT2D eigenvalue weighted by Gasteiger charge is 2.31. The van der Waals surface area contributed by atoms with Gasteiger partial charge in [-0.05, 0) is 32.0 Å². The Bertz CT molecular complexity index is 937. The van der Waals surface area contributed by atoms with Gasteiger partial charge in [0.1, 0.15) is 0 Å². The van der Waals surface area contributed by atoms with Crippen molar-refractivity contribution in [3.8, 4) is 0 Å². The van der Waals surface area contributed by atoms with E-state index in [0.717, 1.165) is 9.75 Å². The van der Waals surface area contributed by atoms with E-state index in [0.29, 0.717) is 36.8 Å². The van der Waals surface area contributed by atoms with E-state index in [2.05, 4.69) is 10.3 Å². The van der Waals surface area contributed by atoms with Crippen molar-refractivity contribution in [3.05, 3.63) is 39.3 Å². The molecule has 1 aliphatic heterocycles. The molecule has 0 bridgehead atoms. The molecular formula is C17H21ClN4O3S2. The van der Waals surface area contributed by atoms with Crippen LogP contribution < -0.4 is 5.32 Å². The number of aromatic nitrogens is 1. The lowest BCUT2D eigenvalue weighted by atomic mass is 10.3. The van der Waals surface area contributed by atoms with Crippen LogP contribution in [-0.2, 0) is 14.8 Å². The van der Waals surface area contributed by atoms with Crippen molar-refractivity contribution in [1.82, 2.24) is 14.2 Å². The highest BCUT2D eigenvalue weighted by Crippen LogP contribution is 2.28. The van der Waals surface area contributed by atoms with Crippen LogP contribution in [0.5, 0.6) is 0 Å². The van der Waals surface area contributed by atoms with E-state index >= 15 is 0 Å². The molecule has 0 aliphatic carbocycles. The summed E-state index contributed by atoms with van der Waals surface area (Å²) in [6.45, 7) is 5.62. The number of rotatable bonds is 5. The second kappa shape index (κ2) is 8.24. The fraction of sp³-hybridized carbons (Fsp3) is 0.412. The molecule has 7 nitrogen and oxygen atoms in total. The van der Waals surface area contributed by atoms with Crippen molar-refractivity contribution in [2.75, 3.05) is 38.0 Å². The number of anilines is 1. The molecule has 2 aromatic heterocycles. The third kappa shape index (κ3) is 4.67. The number of aryl methyl sites for hydroxylation is 2. The molecular weight excluding hydrogens is 408 g/mol. The number of thiophene rings is 1. The zero-order chi connectivity index (χ0) is 19.6. The van der Waals surface area contributed by atoms with Gasteiger partial charge in [-0.15, -0.1) is 11.3 Å². The van der Waals surface area contributed by atoms with Crippen LogP contribution >= 0.6 is 22.9 Å². The molecule has 2 aromatic rings. The molecule has 1 fully saturated rings. The predicted molar refractivity (Wildman–Crippen MR) is 107 cm³/mol. The van der Waals surface area contributed by atoms with Crippen LogP contribution in [-0.4, -0.2) is 61.2 Å². The quantitative estimate of drug-likeness (QED) is 0.739. The van der Waals surface area contributed by atoms with Crippen molar-refractivity contribution >= 4 is 44.6 Å². The number of carbonyl (C=O) groups is 1. The zero-order valence-corrected chi connectivity index (χ0v) is 17.5. The first-order chi connectivity index (χ1) is 12.8. The first-order valence-electron chi connectivity index (χ1n) is 8.47. The van der Waals surface area contributed by atoms with Gasteiger partial charge in [0, 0.05) is 42.1 Å². The summed E-state index contributed by atoms with van der Waals surface area (Å²) >= 11 is 7.43. The molecule has 146 valence electrons. The van der Waals surface area contributed by atoms with Crippen LogP contribution in [0.4, 0.5) is 5.69 Å². The van der Waals surface area contributed by atoms with Crippen molar-refractivity contribution in [3.63, 3.8) is 0 Å². The molecule has 3 heterocycles. The maximum atomic E-state index is 12.8. The molecule has 0 aromatic carbocycles. The maximum Gasteiger partial charge on any atom is 0.244 e. The summed E-state index contributed by atoms with van der Waals surface area (Å²) in [6, 6.07) is 5.11. The molecule has 1 amide bonds. The Kier molecular flexibility index (Phi) is 6.17. The van der Waals surface area contributed by atoms with Gasteiger partial charge >= 0.3 is 0 Å². The summed E-state index contributed by atoms with van der Waals surface area (Å²) in [5.41, 5.74) is 0.466. The van der Waals surface area contributed by atoms with Gasteiger partial charge in [0.2, 0.25) is 15.9 Å². The van der Waals surface area contributed by atoms with Gasteiger partial charge in [-0.1, -0.05) is 11.6 Å². The summed E-state index contributed by atoms with van der Waals surface area (Å²) < 4.78 is 27.2. The van der Waals surface area contributed by atoms with Crippen molar-refractivity contribution in [2.24, 2.45) is 0 Å². The number of amides is 1. The summed E-state index contributed by atoms with van der Waals surface area (Å²) in [7, 11) is -3.49. The second-order valence-electron chi connectivity index (χ2n) is 6.35. The summed E-state index contributed by atoms with van der Waals surface area (Å²) in [5, 5.41) is 2.97. The fourth-order valence-electron chi connectivity index (χ4n) is 3.00. The largest absolute Gasteiger partial charge is 0.322 e. The third-order valence-corrected chi connectivity index (χ3v) is 7.77. The number of nitrogens with zero attached hydrogens (tertiary/aromatic N) is 3. The SMILES string of the molecule is Cc1cc(S(=O)(=O)N2CCN(CC(=O)Nc3cccnc3Cl)CC2)c(C)s1. The van der Waals surface area contributed by atoms with E-state index in [9.17, 15) is 13.2 Å². The van der Waals surface area contributed by atoms with E-state index in [4.69, 9.17) is 11.6 Å². The monoisotopic (exact) mass is 428 g/mol. The molecule has 10 heteroatoms. The van der Waals surface area contributed by atoms with E-state index < -0.39 is 10.0 Å². The first-order valence-corrected chi connectivity index (χ1v) is 11.1. The van der Waals surface area contributed by atoms with Gasteiger partial charge in [-0.2, -0.15) is 4.31 Å². The number of piperazine rings is 1. The van der Waals surface area contributed by atoms with E-state index in [1.807, 2.05) is 18.7 Å².